The minimum Gasteiger partial charge on any atom is -0.336 e. The smallest absolute Gasteiger partial charge is 0.223 e. The van der Waals surface area contributed by atoms with Crippen molar-refractivity contribution < 1.29 is 4.79 Å². The van der Waals surface area contributed by atoms with Crippen LogP contribution in [0.15, 0.2) is 30.3 Å². The van der Waals surface area contributed by atoms with Crippen LogP contribution in [0, 0.1) is 5.92 Å². The fourth-order valence-electron chi connectivity index (χ4n) is 2.40. The topological polar surface area (TPSA) is 46.3 Å². The molecule has 3 nitrogen and oxygen atoms in total. The Labute approximate surface area is 103 Å². The van der Waals surface area contributed by atoms with Gasteiger partial charge in [-0.15, -0.1) is 0 Å². The van der Waals surface area contributed by atoms with Gasteiger partial charge in [-0.05, 0) is 19.4 Å². The van der Waals surface area contributed by atoms with E-state index in [-0.39, 0.29) is 18.0 Å². The van der Waals surface area contributed by atoms with Crippen LogP contribution in [-0.2, 0) is 4.79 Å². The molecule has 17 heavy (non-hydrogen) atoms. The van der Waals surface area contributed by atoms with Gasteiger partial charge in [0.25, 0.3) is 0 Å². The van der Waals surface area contributed by atoms with Gasteiger partial charge in [0, 0.05) is 24.9 Å². The van der Waals surface area contributed by atoms with Gasteiger partial charge in [-0.3, -0.25) is 4.79 Å². The van der Waals surface area contributed by atoms with E-state index in [0.29, 0.717) is 12.3 Å². The highest BCUT2D eigenvalue weighted by Crippen LogP contribution is 2.29. The van der Waals surface area contributed by atoms with Crippen molar-refractivity contribution in [3.63, 3.8) is 0 Å². The standard InChI is InChI=1S/C14H20N2O/c1-10(15)13-8-14(17)16(9-13)11(2)12-6-4-3-5-7-12/h3-7,10-11,13H,8-9,15H2,1-2H3/t10-,11+,13+/m1/s1. The quantitative estimate of drug-likeness (QED) is 0.865. The third-order valence-corrected chi connectivity index (χ3v) is 3.68. The van der Waals surface area contributed by atoms with E-state index in [4.69, 9.17) is 5.73 Å². The van der Waals surface area contributed by atoms with E-state index in [1.807, 2.05) is 30.0 Å². The van der Waals surface area contributed by atoms with Gasteiger partial charge in [-0.1, -0.05) is 30.3 Å². The van der Waals surface area contributed by atoms with Gasteiger partial charge in [-0.2, -0.15) is 0 Å². The van der Waals surface area contributed by atoms with Crippen molar-refractivity contribution in [3.05, 3.63) is 35.9 Å². The zero-order valence-electron chi connectivity index (χ0n) is 10.5. The molecule has 92 valence electrons. The molecule has 1 saturated heterocycles. The van der Waals surface area contributed by atoms with E-state index in [0.717, 1.165) is 6.54 Å². The Morgan fingerprint density at radius 3 is 2.47 bits per heavy atom. The predicted molar refractivity (Wildman–Crippen MR) is 68.3 cm³/mol. The molecule has 0 unspecified atom stereocenters. The summed E-state index contributed by atoms with van der Waals surface area (Å²) in [6.45, 7) is 4.85. The lowest BCUT2D eigenvalue weighted by atomic mass is 10.0. The molecule has 3 heteroatoms. The number of carbonyl (C=O) groups excluding carboxylic acids is 1. The Morgan fingerprint density at radius 2 is 1.94 bits per heavy atom. The van der Waals surface area contributed by atoms with Crippen LogP contribution < -0.4 is 5.73 Å². The van der Waals surface area contributed by atoms with Gasteiger partial charge in [0.1, 0.15) is 0 Å². The van der Waals surface area contributed by atoms with Crippen molar-refractivity contribution in [2.75, 3.05) is 6.54 Å². The molecule has 0 aliphatic carbocycles. The highest BCUT2D eigenvalue weighted by atomic mass is 16.2. The van der Waals surface area contributed by atoms with Crippen LogP contribution in [-0.4, -0.2) is 23.4 Å². The third kappa shape index (κ3) is 2.50. The maximum atomic E-state index is 12.0. The minimum absolute atomic E-state index is 0.0897. The van der Waals surface area contributed by atoms with Crippen molar-refractivity contribution >= 4 is 5.91 Å². The average molecular weight is 232 g/mol. The molecule has 1 heterocycles. The minimum atomic E-state index is 0.0897. The van der Waals surface area contributed by atoms with Gasteiger partial charge >= 0.3 is 0 Å². The third-order valence-electron chi connectivity index (χ3n) is 3.68. The molecular formula is C14H20N2O. The summed E-state index contributed by atoms with van der Waals surface area (Å²) >= 11 is 0. The molecule has 1 aromatic rings. The number of hydrogen-bond acceptors (Lipinski definition) is 2. The number of likely N-dealkylation sites (tertiary alicyclic amines) is 1. The van der Waals surface area contributed by atoms with Crippen molar-refractivity contribution in [1.29, 1.82) is 0 Å². The summed E-state index contributed by atoms with van der Waals surface area (Å²) in [7, 11) is 0. The average Bonchev–Trinajstić information content (AvgIpc) is 2.72. The largest absolute Gasteiger partial charge is 0.336 e. The number of hydrogen-bond donors (Lipinski definition) is 1. The Bertz CT molecular complexity index is 388. The van der Waals surface area contributed by atoms with Gasteiger partial charge in [0.05, 0.1) is 6.04 Å². The summed E-state index contributed by atoms with van der Waals surface area (Å²) in [4.78, 5) is 13.9. The molecule has 0 spiro atoms. The maximum absolute atomic E-state index is 12.0. The zero-order chi connectivity index (χ0) is 12.4. The van der Waals surface area contributed by atoms with Gasteiger partial charge in [0.15, 0.2) is 0 Å². The summed E-state index contributed by atoms with van der Waals surface area (Å²) < 4.78 is 0. The van der Waals surface area contributed by atoms with Crippen molar-refractivity contribution in [2.45, 2.75) is 32.4 Å². The van der Waals surface area contributed by atoms with Crippen LogP contribution in [0.4, 0.5) is 0 Å². The first-order valence-electron chi connectivity index (χ1n) is 6.19. The fourth-order valence-corrected chi connectivity index (χ4v) is 2.40. The molecule has 2 rings (SSSR count). The summed E-state index contributed by atoms with van der Waals surface area (Å²) in [6, 6.07) is 10.4. The zero-order valence-corrected chi connectivity index (χ0v) is 10.5. The number of nitrogens with two attached hydrogens (primary N) is 1. The van der Waals surface area contributed by atoms with E-state index in [1.54, 1.807) is 0 Å². The lowest BCUT2D eigenvalue weighted by molar-refractivity contribution is -0.129. The van der Waals surface area contributed by atoms with E-state index in [2.05, 4.69) is 19.1 Å². The Hall–Kier alpha value is -1.35. The molecule has 1 aromatic carbocycles. The van der Waals surface area contributed by atoms with E-state index >= 15 is 0 Å². The van der Waals surface area contributed by atoms with Crippen LogP contribution in [0.5, 0.6) is 0 Å². The van der Waals surface area contributed by atoms with E-state index in [1.165, 1.54) is 5.56 Å². The number of nitrogens with zero attached hydrogens (tertiary/aromatic N) is 1. The Balaban J connectivity index is 2.11. The molecule has 2 N–H and O–H groups in total. The SMILES string of the molecule is C[C@@H](N)[C@H]1CC(=O)N([C@@H](C)c2ccccc2)C1. The molecule has 0 aromatic heterocycles. The van der Waals surface area contributed by atoms with E-state index in [9.17, 15) is 4.79 Å². The second-order valence-corrected chi connectivity index (χ2v) is 4.96. The van der Waals surface area contributed by atoms with Crippen molar-refractivity contribution in [2.24, 2.45) is 11.7 Å². The molecule has 1 fully saturated rings. The number of benzene rings is 1. The maximum Gasteiger partial charge on any atom is 0.223 e. The first kappa shape index (κ1) is 12.1. The highest BCUT2D eigenvalue weighted by Gasteiger charge is 2.34. The summed E-state index contributed by atoms with van der Waals surface area (Å²) in [6.07, 6.45) is 0.592. The monoisotopic (exact) mass is 232 g/mol. The van der Waals surface area contributed by atoms with Crippen molar-refractivity contribution in [3.8, 4) is 0 Å². The van der Waals surface area contributed by atoms with Gasteiger partial charge in [0.2, 0.25) is 5.91 Å². The Morgan fingerprint density at radius 1 is 1.29 bits per heavy atom. The normalized spacial score (nSPS) is 23.8. The summed E-state index contributed by atoms with van der Waals surface area (Å²) in [5.41, 5.74) is 7.07. The fraction of sp³-hybridized carbons (Fsp3) is 0.500. The molecule has 1 aliphatic heterocycles. The second-order valence-electron chi connectivity index (χ2n) is 4.96. The Kier molecular flexibility index (Phi) is 3.48. The van der Waals surface area contributed by atoms with Crippen LogP contribution in [0.25, 0.3) is 0 Å². The van der Waals surface area contributed by atoms with Crippen LogP contribution in [0.1, 0.15) is 31.9 Å². The molecule has 3 atom stereocenters. The van der Waals surface area contributed by atoms with Gasteiger partial charge < -0.3 is 10.6 Å². The molecule has 1 amide bonds. The number of amides is 1. The van der Waals surface area contributed by atoms with Gasteiger partial charge in [-0.25, -0.2) is 0 Å². The van der Waals surface area contributed by atoms with Crippen molar-refractivity contribution in [1.82, 2.24) is 4.90 Å². The lowest BCUT2D eigenvalue weighted by Crippen LogP contribution is -2.32. The molecule has 0 bridgehead atoms. The highest BCUT2D eigenvalue weighted by molar-refractivity contribution is 5.79. The molecule has 1 aliphatic rings. The first-order chi connectivity index (χ1) is 8.09. The molecule has 0 saturated carbocycles. The molecule has 0 radical (unpaired) electrons. The van der Waals surface area contributed by atoms with Crippen LogP contribution >= 0.6 is 0 Å². The first-order valence-corrected chi connectivity index (χ1v) is 6.19. The number of carbonyl (C=O) groups is 1. The lowest BCUT2D eigenvalue weighted by Gasteiger charge is -2.25. The molecular weight excluding hydrogens is 212 g/mol. The number of rotatable bonds is 3. The van der Waals surface area contributed by atoms with E-state index < -0.39 is 0 Å². The second kappa shape index (κ2) is 4.88. The summed E-state index contributed by atoms with van der Waals surface area (Å²) in [5.74, 6) is 0.525. The summed E-state index contributed by atoms with van der Waals surface area (Å²) in [5, 5.41) is 0. The predicted octanol–water partition coefficient (Wildman–Crippen LogP) is 1.94. The van der Waals surface area contributed by atoms with Crippen LogP contribution in [0.3, 0.4) is 0 Å². The van der Waals surface area contributed by atoms with Crippen LogP contribution in [0.2, 0.25) is 0 Å².